The van der Waals surface area contributed by atoms with Gasteiger partial charge in [-0.2, -0.15) is 0 Å². The number of halogens is 4. The van der Waals surface area contributed by atoms with Crippen molar-refractivity contribution in [2.24, 2.45) is 0 Å². The molecular formula is C12H6BrClF2O. The van der Waals surface area contributed by atoms with E-state index in [0.717, 1.165) is 6.07 Å². The summed E-state index contributed by atoms with van der Waals surface area (Å²) < 4.78 is 27.5. The SMILES string of the molecule is Oc1cc(-c2c(F)ccc(Br)c2F)ccc1Cl. The van der Waals surface area contributed by atoms with Gasteiger partial charge in [0.2, 0.25) is 0 Å². The molecule has 17 heavy (non-hydrogen) atoms. The van der Waals surface area contributed by atoms with Gasteiger partial charge in [-0.05, 0) is 45.8 Å². The summed E-state index contributed by atoms with van der Waals surface area (Å²) in [6, 6.07) is 6.47. The first kappa shape index (κ1) is 12.3. The molecule has 0 fully saturated rings. The maximum Gasteiger partial charge on any atom is 0.148 e. The normalized spacial score (nSPS) is 10.6. The molecule has 0 bridgehead atoms. The van der Waals surface area contributed by atoms with E-state index in [-0.39, 0.29) is 26.4 Å². The highest BCUT2D eigenvalue weighted by Crippen LogP contribution is 2.34. The van der Waals surface area contributed by atoms with Crippen molar-refractivity contribution in [1.29, 1.82) is 0 Å². The number of hydrogen-bond acceptors (Lipinski definition) is 1. The summed E-state index contributed by atoms with van der Waals surface area (Å²) in [5.41, 5.74) is 0.0227. The minimum atomic E-state index is -0.716. The summed E-state index contributed by atoms with van der Waals surface area (Å²) in [5, 5.41) is 9.55. The third-order valence-corrected chi connectivity index (χ3v) is 3.21. The molecule has 0 amide bonds. The van der Waals surface area contributed by atoms with Crippen molar-refractivity contribution < 1.29 is 13.9 Å². The van der Waals surface area contributed by atoms with Crippen molar-refractivity contribution >= 4 is 27.5 Å². The molecule has 2 aromatic rings. The van der Waals surface area contributed by atoms with Gasteiger partial charge >= 0.3 is 0 Å². The van der Waals surface area contributed by atoms with Gasteiger partial charge in [0.05, 0.1) is 15.1 Å². The topological polar surface area (TPSA) is 20.2 Å². The van der Waals surface area contributed by atoms with Gasteiger partial charge in [-0.1, -0.05) is 17.7 Å². The number of aromatic hydroxyl groups is 1. The van der Waals surface area contributed by atoms with Crippen LogP contribution < -0.4 is 0 Å². The van der Waals surface area contributed by atoms with Crippen molar-refractivity contribution in [3.05, 3.63) is 51.5 Å². The van der Waals surface area contributed by atoms with E-state index in [1.165, 1.54) is 24.3 Å². The lowest BCUT2D eigenvalue weighted by Crippen LogP contribution is -1.91. The van der Waals surface area contributed by atoms with E-state index in [2.05, 4.69) is 15.9 Å². The summed E-state index contributed by atoms with van der Waals surface area (Å²) in [4.78, 5) is 0. The van der Waals surface area contributed by atoms with Crippen molar-refractivity contribution in [3.8, 4) is 16.9 Å². The molecule has 2 aromatic carbocycles. The first-order chi connectivity index (χ1) is 8.00. The van der Waals surface area contributed by atoms with Gasteiger partial charge in [0.1, 0.15) is 17.4 Å². The fourth-order valence-corrected chi connectivity index (χ4v) is 1.91. The molecule has 1 N–H and O–H groups in total. The highest BCUT2D eigenvalue weighted by Gasteiger charge is 2.15. The number of benzene rings is 2. The van der Waals surface area contributed by atoms with Crippen molar-refractivity contribution in [2.75, 3.05) is 0 Å². The molecule has 0 saturated carbocycles. The van der Waals surface area contributed by atoms with Crippen molar-refractivity contribution in [2.45, 2.75) is 0 Å². The molecule has 0 aromatic heterocycles. The molecule has 88 valence electrons. The lowest BCUT2D eigenvalue weighted by molar-refractivity contribution is 0.475. The number of phenols is 1. The largest absolute Gasteiger partial charge is 0.506 e. The third kappa shape index (κ3) is 2.28. The monoisotopic (exact) mass is 318 g/mol. The maximum atomic E-state index is 13.8. The summed E-state index contributed by atoms with van der Waals surface area (Å²) in [5.74, 6) is -1.64. The number of rotatable bonds is 1. The summed E-state index contributed by atoms with van der Waals surface area (Å²) in [6.07, 6.45) is 0. The molecule has 0 aliphatic heterocycles. The highest BCUT2D eigenvalue weighted by atomic mass is 79.9. The molecule has 0 unspecified atom stereocenters. The van der Waals surface area contributed by atoms with E-state index in [9.17, 15) is 13.9 Å². The predicted molar refractivity (Wildman–Crippen MR) is 66.2 cm³/mol. The van der Waals surface area contributed by atoms with E-state index in [1.54, 1.807) is 0 Å². The van der Waals surface area contributed by atoms with Crippen LogP contribution in [0.2, 0.25) is 5.02 Å². The average molecular weight is 320 g/mol. The Bertz CT molecular complexity index is 587. The van der Waals surface area contributed by atoms with Crippen LogP contribution in [0.15, 0.2) is 34.8 Å². The second kappa shape index (κ2) is 4.63. The Morgan fingerprint density at radius 3 is 2.47 bits per heavy atom. The Hall–Kier alpha value is -1.13. The molecule has 0 spiro atoms. The summed E-state index contributed by atoms with van der Waals surface area (Å²) >= 11 is 8.61. The van der Waals surface area contributed by atoms with E-state index in [0.29, 0.717) is 0 Å². The van der Waals surface area contributed by atoms with Gasteiger partial charge in [0, 0.05) is 0 Å². The standard InChI is InChI=1S/C12H6BrClF2O/c13-7-2-4-9(15)11(12(7)16)6-1-3-8(14)10(17)5-6/h1-5,17H. The Morgan fingerprint density at radius 2 is 1.82 bits per heavy atom. The van der Waals surface area contributed by atoms with Crippen LogP contribution >= 0.6 is 27.5 Å². The third-order valence-electron chi connectivity index (χ3n) is 2.28. The van der Waals surface area contributed by atoms with Gasteiger partial charge in [-0.15, -0.1) is 0 Å². The fourth-order valence-electron chi connectivity index (χ4n) is 1.46. The van der Waals surface area contributed by atoms with Crippen LogP contribution in [-0.2, 0) is 0 Å². The molecule has 1 nitrogen and oxygen atoms in total. The van der Waals surface area contributed by atoms with Crippen molar-refractivity contribution in [3.63, 3.8) is 0 Å². The maximum absolute atomic E-state index is 13.8. The molecule has 0 aliphatic carbocycles. The second-order valence-electron chi connectivity index (χ2n) is 3.38. The second-order valence-corrected chi connectivity index (χ2v) is 4.65. The first-order valence-corrected chi connectivity index (χ1v) is 5.80. The zero-order valence-electron chi connectivity index (χ0n) is 8.35. The zero-order valence-corrected chi connectivity index (χ0v) is 10.7. The zero-order chi connectivity index (χ0) is 12.6. The fraction of sp³-hybridized carbons (Fsp3) is 0. The van der Waals surface area contributed by atoms with Crippen LogP contribution in [0, 0.1) is 11.6 Å². The van der Waals surface area contributed by atoms with Gasteiger partial charge in [0.25, 0.3) is 0 Å². The molecular weight excluding hydrogens is 313 g/mol. The van der Waals surface area contributed by atoms with Crippen LogP contribution in [-0.4, -0.2) is 5.11 Å². The van der Waals surface area contributed by atoms with E-state index >= 15 is 0 Å². The summed E-state index contributed by atoms with van der Waals surface area (Å²) in [6.45, 7) is 0. The molecule has 5 heteroatoms. The Kier molecular flexibility index (Phi) is 3.35. The van der Waals surface area contributed by atoms with Gasteiger partial charge < -0.3 is 5.11 Å². The van der Waals surface area contributed by atoms with Crippen LogP contribution in [0.4, 0.5) is 8.78 Å². The van der Waals surface area contributed by atoms with Crippen molar-refractivity contribution in [1.82, 2.24) is 0 Å². The van der Waals surface area contributed by atoms with E-state index in [1.807, 2.05) is 0 Å². The molecule has 0 heterocycles. The van der Waals surface area contributed by atoms with E-state index in [4.69, 9.17) is 11.6 Å². The van der Waals surface area contributed by atoms with Crippen LogP contribution in [0.1, 0.15) is 0 Å². The van der Waals surface area contributed by atoms with Crippen LogP contribution in [0.3, 0.4) is 0 Å². The molecule has 0 radical (unpaired) electrons. The molecule has 0 aliphatic rings. The molecule has 0 atom stereocenters. The quantitative estimate of drug-likeness (QED) is 0.752. The molecule has 2 rings (SSSR count). The number of hydrogen-bond donors (Lipinski definition) is 1. The van der Waals surface area contributed by atoms with E-state index < -0.39 is 11.6 Å². The highest BCUT2D eigenvalue weighted by molar-refractivity contribution is 9.10. The van der Waals surface area contributed by atoms with Crippen LogP contribution in [0.25, 0.3) is 11.1 Å². The lowest BCUT2D eigenvalue weighted by Gasteiger charge is -2.07. The Balaban J connectivity index is 2.68. The smallest absolute Gasteiger partial charge is 0.148 e. The average Bonchev–Trinajstić information content (AvgIpc) is 2.29. The first-order valence-electron chi connectivity index (χ1n) is 4.63. The minimum Gasteiger partial charge on any atom is -0.506 e. The summed E-state index contributed by atoms with van der Waals surface area (Å²) in [7, 11) is 0. The predicted octanol–water partition coefficient (Wildman–Crippen LogP) is 4.75. The lowest BCUT2D eigenvalue weighted by atomic mass is 10.0. The van der Waals surface area contributed by atoms with Gasteiger partial charge in [0.15, 0.2) is 0 Å². The Morgan fingerprint density at radius 1 is 1.12 bits per heavy atom. The van der Waals surface area contributed by atoms with Gasteiger partial charge in [-0.25, -0.2) is 8.78 Å². The number of phenolic OH excluding ortho intramolecular Hbond substituents is 1. The van der Waals surface area contributed by atoms with Gasteiger partial charge in [-0.3, -0.25) is 0 Å². The minimum absolute atomic E-state index is 0.129. The Labute approximate surface area is 110 Å². The van der Waals surface area contributed by atoms with Crippen LogP contribution in [0.5, 0.6) is 5.75 Å². The molecule has 0 saturated heterocycles.